The van der Waals surface area contributed by atoms with Crippen LogP contribution in [0.25, 0.3) is 16.6 Å². The Hall–Kier alpha value is -3.41. The molecule has 4 rings (SSSR count). The van der Waals surface area contributed by atoms with Crippen LogP contribution >= 0.6 is 0 Å². The van der Waals surface area contributed by atoms with Crippen LogP contribution in [0.4, 0.5) is 0 Å². The van der Waals surface area contributed by atoms with E-state index >= 15 is 0 Å². The Labute approximate surface area is 144 Å². The van der Waals surface area contributed by atoms with Gasteiger partial charge in [-0.3, -0.25) is 4.68 Å². The molecule has 0 aliphatic rings. The lowest BCUT2D eigenvalue weighted by Crippen LogP contribution is -2.03. The highest BCUT2D eigenvalue weighted by Crippen LogP contribution is 2.23. The lowest BCUT2D eigenvalue weighted by atomic mass is 10.0. The lowest BCUT2D eigenvalue weighted by molar-refractivity contribution is 0.0688. The molecule has 0 spiro atoms. The Morgan fingerprint density at radius 2 is 1.92 bits per heavy atom. The highest BCUT2D eigenvalue weighted by atomic mass is 16.4. The van der Waals surface area contributed by atoms with Crippen molar-refractivity contribution in [3.63, 3.8) is 0 Å². The largest absolute Gasteiger partial charge is 0.477 e. The van der Waals surface area contributed by atoms with E-state index in [2.05, 4.69) is 34.5 Å². The molecular formula is C19H16N4O2. The number of carbonyl (C=O) groups is 1. The summed E-state index contributed by atoms with van der Waals surface area (Å²) in [7, 11) is 1.89. The van der Waals surface area contributed by atoms with E-state index in [1.807, 2.05) is 31.6 Å². The maximum atomic E-state index is 11.4. The van der Waals surface area contributed by atoms with Gasteiger partial charge >= 0.3 is 5.97 Å². The smallest absolute Gasteiger partial charge is 0.354 e. The third-order valence-corrected chi connectivity index (χ3v) is 4.22. The number of aromatic carboxylic acids is 1. The number of hydrogen-bond acceptors (Lipinski definition) is 3. The van der Waals surface area contributed by atoms with Crippen LogP contribution in [0.1, 0.15) is 21.6 Å². The minimum Gasteiger partial charge on any atom is -0.477 e. The van der Waals surface area contributed by atoms with Crippen LogP contribution in [0.3, 0.4) is 0 Å². The third kappa shape index (κ3) is 2.78. The van der Waals surface area contributed by atoms with Gasteiger partial charge in [0.2, 0.25) is 0 Å². The van der Waals surface area contributed by atoms with Gasteiger partial charge < -0.3 is 5.11 Å². The molecule has 0 bridgehead atoms. The first-order valence-electron chi connectivity index (χ1n) is 7.89. The van der Waals surface area contributed by atoms with Crippen molar-refractivity contribution in [2.45, 2.75) is 6.42 Å². The van der Waals surface area contributed by atoms with Gasteiger partial charge in [-0.25, -0.2) is 9.31 Å². The number of hydrogen-bond donors (Lipinski definition) is 1. The number of fused-ring (bicyclic) bond motifs is 1. The minimum absolute atomic E-state index is 0.178. The van der Waals surface area contributed by atoms with Crippen molar-refractivity contribution >= 4 is 11.5 Å². The van der Waals surface area contributed by atoms with Crippen molar-refractivity contribution in [3.05, 3.63) is 77.9 Å². The number of nitrogens with zero attached hydrogens (tertiary/aromatic N) is 4. The highest BCUT2D eigenvalue weighted by Gasteiger charge is 2.15. The molecule has 0 saturated heterocycles. The fourth-order valence-corrected chi connectivity index (χ4v) is 3.01. The van der Waals surface area contributed by atoms with Gasteiger partial charge in [0.05, 0.1) is 11.7 Å². The van der Waals surface area contributed by atoms with E-state index in [0.717, 1.165) is 27.8 Å². The van der Waals surface area contributed by atoms with Crippen LogP contribution in [0.5, 0.6) is 0 Å². The van der Waals surface area contributed by atoms with Gasteiger partial charge in [-0.2, -0.15) is 10.2 Å². The molecule has 3 heterocycles. The van der Waals surface area contributed by atoms with E-state index in [-0.39, 0.29) is 5.69 Å². The van der Waals surface area contributed by atoms with Gasteiger partial charge in [0, 0.05) is 25.0 Å². The van der Waals surface area contributed by atoms with E-state index in [1.165, 1.54) is 4.52 Å². The molecule has 0 aliphatic heterocycles. The Kier molecular flexibility index (Phi) is 3.57. The molecule has 124 valence electrons. The van der Waals surface area contributed by atoms with Gasteiger partial charge in [-0.1, -0.05) is 24.3 Å². The zero-order chi connectivity index (χ0) is 17.4. The molecule has 25 heavy (non-hydrogen) atoms. The maximum absolute atomic E-state index is 11.4. The van der Waals surface area contributed by atoms with Gasteiger partial charge in [0.25, 0.3) is 0 Å². The summed E-state index contributed by atoms with van der Waals surface area (Å²) >= 11 is 0. The molecule has 6 nitrogen and oxygen atoms in total. The number of carboxylic acids is 1. The first-order chi connectivity index (χ1) is 12.1. The highest BCUT2D eigenvalue weighted by molar-refractivity contribution is 5.88. The predicted octanol–water partition coefficient (Wildman–Crippen LogP) is 3.02. The van der Waals surface area contributed by atoms with Crippen LogP contribution in [0.2, 0.25) is 0 Å². The van der Waals surface area contributed by atoms with Crippen LogP contribution in [0.15, 0.2) is 61.1 Å². The van der Waals surface area contributed by atoms with Crippen molar-refractivity contribution in [2.24, 2.45) is 7.05 Å². The molecule has 0 unspecified atom stereocenters. The average Bonchev–Trinajstić information content (AvgIpc) is 3.20. The van der Waals surface area contributed by atoms with Gasteiger partial charge in [0.1, 0.15) is 0 Å². The van der Waals surface area contributed by atoms with Crippen molar-refractivity contribution in [3.8, 4) is 11.1 Å². The lowest BCUT2D eigenvalue weighted by Gasteiger charge is -2.03. The summed E-state index contributed by atoms with van der Waals surface area (Å²) in [6, 6.07) is 13.6. The fourth-order valence-electron chi connectivity index (χ4n) is 3.01. The van der Waals surface area contributed by atoms with Crippen molar-refractivity contribution in [1.29, 1.82) is 0 Å². The van der Waals surface area contributed by atoms with Crippen LogP contribution in [-0.2, 0) is 13.5 Å². The van der Waals surface area contributed by atoms with Crippen molar-refractivity contribution in [2.75, 3.05) is 0 Å². The molecule has 0 aliphatic carbocycles. The quantitative estimate of drug-likeness (QED) is 0.623. The van der Waals surface area contributed by atoms with Crippen molar-refractivity contribution in [1.82, 2.24) is 19.4 Å². The summed E-state index contributed by atoms with van der Waals surface area (Å²) in [5.74, 6) is -0.980. The van der Waals surface area contributed by atoms with E-state index in [9.17, 15) is 9.90 Å². The van der Waals surface area contributed by atoms with E-state index < -0.39 is 5.97 Å². The summed E-state index contributed by atoms with van der Waals surface area (Å²) in [6.45, 7) is 0. The second-order valence-corrected chi connectivity index (χ2v) is 5.96. The third-order valence-electron chi connectivity index (χ3n) is 4.22. The predicted molar refractivity (Wildman–Crippen MR) is 93.6 cm³/mol. The molecule has 3 aromatic heterocycles. The number of carboxylic acid groups (broad SMARTS) is 1. The Bertz CT molecular complexity index is 1060. The molecule has 0 amide bonds. The molecule has 0 radical (unpaired) electrons. The summed E-state index contributed by atoms with van der Waals surface area (Å²) in [4.78, 5) is 11.4. The van der Waals surface area contributed by atoms with Crippen molar-refractivity contribution < 1.29 is 9.90 Å². The number of benzene rings is 1. The minimum atomic E-state index is -0.980. The number of aryl methyl sites for hydroxylation is 1. The topological polar surface area (TPSA) is 72.4 Å². The molecule has 0 atom stereocenters. The van der Waals surface area contributed by atoms with Gasteiger partial charge in [-0.15, -0.1) is 0 Å². The average molecular weight is 332 g/mol. The second kappa shape index (κ2) is 5.90. The molecule has 1 aromatic carbocycles. The fraction of sp³-hybridized carbons (Fsp3) is 0.105. The Balaban J connectivity index is 1.66. The summed E-state index contributed by atoms with van der Waals surface area (Å²) in [6.07, 6.45) is 6.05. The zero-order valence-corrected chi connectivity index (χ0v) is 13.6. The summed E-state index contributed by atoms with van der Waals surface area (Å²) < 4.78 is 3.25. The summed E-state index contributed by atoms with van der Waals surface area (Å²) in [5.41, 5.74) is 5.22. The SMILES string of the molecule is Cn1cc(-c2ccc(Cc3cc(C(=O)O)n4ncccc34)cc2)cn1. The standard InChI is InChI=1S/C19H16N4O2/c1-22-12-16(11-21-22)14-6-4-13(5-7-14)9-15-10-18(19(24)25)23-17(15)3-2-8-20-23/h2-8,10-12H,9H2,1H3,(H,24,25). The monoisotopic (exact) mass is 332 g/mol. The van der Waals surface area contributed by atoms with Crippen LogP contribution in [-0.4, -0.2) is 30.5 Å². The van der Waals surface area contributed by atoms with E-state index in [1.54, 1.807) is 16.9 Å². The molecule has 0 saturated carbocycles. The molecular weight excluding hydrogens is 316 g/mol. The second-order valence-electron chi connectivity index (χ2n) is 5.96. The molecule has 1 N–H and O–H groups in total. The first-order valence-corrected chi connectivity index (χ1v) is 7.89. The maximum Gasteiger partial charge on any atom is 0.354 e. The number of aromatic nitrogens is 4. The molecule has 6 heteroatoms. The first kappa shape index (κ1) is 15.1. The normalized spacial score (nSPS) is 11.1. The van der Waals surface area contributed by atoms with Crippen LogP contribution < -0.4 is 0 Å². The number of rotatable bonds is 4. The zero-order valence-electron chi connectivity index (χ0n) is 13.6. The molecule has 4 aromatic rings. The molecule has 0 fully saturated rings. The van der Waals surface area contributed by atoms with Crippen LogP contribution in [0, 0.1) is 0 Å². The van der Waals surface area contributed by atoms with E-state index in [4.69, 9.17) is 0 Å². The summed E-state index contributed by atoms with van der Waals surface area (Å²) in [5, 5.41) is 17.7. The Morgan fingerprint density at radius 1 is 1.12 bits per heavy atom. The van der Waals surface area contributed by atoms with E-state index in [0.29, 0.717) is 6.42 Å². The van der Waals surface area contributed by atoms with Gasteiger partial charge in [-0.05, 0) is 41.3 Å². The Morgan fingerprint density at radius 3 is 2.60 bits per heavy atom. The van der Waals surface area contributed by atoms with Gasteiger partial charge in [0.15, 0.2) is 5.69 Å².